The van der Waals surface area contributed by atoms with E-state index in [1.807, 2.05) is 30.3 Å². The van der Waals surface area contributed by atoms with Crippen LogP contribution in [-0.4, -0.2) is 49.4 Å². The third-order valence-corrected chi connectivity index (χ3v) is 6.66. The third-order valence-electron chi connectivity index (χ3n) is 6.66. The van der Waals surface area contributed by atoms with Crippen molar-refractivity contribution in [1.82, 2.24) is 10.2 Å². The Kier molecular flexibility index (Phi) is 5.89. The predicted octanol–water partition coefficient (Wildman–Crippen LogP) is 2.67. The van der Waals surface area contributed by atoms with Crippen LogP contribution in [0.15, 0.2) is 30.3 Å². The van der Waals surface area contributed by atoms with E-state index in [1.165, 1.54) is 24.3 Å². The largest absolute Gasteiger partial charge is 0.317 e. The zero-order valence-electron chi connectivity index (χ0n) is 16.1. The van der Waals surface area contributed by atoms with Gasteiger partial charge in [0, 0.05) is 19.4 Å². The zero-order valence-corrected chi connectivity index (χ0v) is 16.1. The number of likely N-dealkylation sites (tertiary alicyclic amines) is 1. The maximum atomic E-state index is 12.7. The van der Waals surface area contributed by atoms with Crippen molar-refractivity contribution in [2.45, 2.75) is 38.5 Å². The molecule has 0 bridgehead atoms. The molecule has 0 aromatic heterocycles. The Morgan fingerprint density at radius 3 is 2.11 bits per heavy atom. The fourth-order valence-corrected chi connectivity index (χ4v) is 5.08. The first kappa shape index (κ1) is 18.6. The van der Waals surface area contributed by atoms with Crippen LogP contribution in [0.25, 0.3) is 0 Å². The van der Waals surface area contributed by atoms with Crippen molar-refractivity contribution in [3.05, 3.63) is 30.3 Å². The minimum atomic E-state index is -0.0282. The number of rotatable bonds is 4. The topological polar surface area (TPSA) is 52.7 Å². The smallest absolute Gasteiger partial charge is 0.234 e. The molecular formula is C22H31N3O2. The van der Waals surface area contributed by atoms with Gasteiger partial charge in [-0.3, -0.25) is 14.5 Å². The van der Waals surface area contributed by atoms with Gasteiger partial charge < -0.3 is 10.2 Å². The summed E-state index contributed by atoms with van der Waals surface area (Å²) < 4.78 is 0. The van der Waals surface area contributed by atoms with Gasteiger partial charge in [0.15, 0.2) is 0 Å². The highest BCUT2D eigenvalue weighted by molar-refractivity contribution is 6.16. The highest BCUT2D eigenvalue weighted by Gasteiger charge is 2.38. The molecule has 3 heterocycles. The first-order chi connectivity index (χ1) is 13.2. The molecule has 0 saturated carbocycles. The molecule has 27 heavy (non-hydrogen) atoms. The van der Waals surface area contributed by atoms with Crippen molar-refractivity contribution in [1.29, 1.82) is 0 Å². The fourth-order valence-electron chi connectivity index (χ4n) is 5.08. The maximum absolute atomic E-state index is 12.7. The molecule has 0 atom stereocenters. The van der Waals surface area contributed by atoms with Gasteiger partial charge in [-0.15, -0.1) is 0 Å². The summed E-state index contributed by atoms with van der Waals surface area (Å²) in [6, 6.07) is 9.34. The lowest BCUT2D eigenvalue weighted by Crippen LogP contribution is -2.47. The van der Waals surface area contributed by atoms with E-state index >= 15 is 0 Å². The molecule has 3 aliphatic heterocycles. The Labute approximate surface area is 162 Å². The number of benzene rings is 1. The highest BCUT2D eigenvalue weighted by atomic mass is 16.2. The standard InChI is InChI=1S/C22H31N3O2/c26-21-14-19(15-22(27)25(21)20-4-2-1-3-5-20)18-8-12-24(13-9-18)16-17-6-10-23-11-7-17/h1-5,17-19,23H,6-16H2. The van der Waals surface area contributed by atoms with Crippen molar-refractivity contribution in [3.63, 3.8) is 0 Å². The molecule has 3 fully saturated rings. The molecule has 0 aliphatic carbocycles. The molecule has 2 amide bonds. The lowest BCUT2D eigenvalue weighted by atomic mass is 9.78. The molecule has 0 unspecified atom stereocenters. The van der Waals surface area contributed by atoms with Crippen LogP contribution >= 0.6 is 0 Å². The number of para-hydroxylation sites is 1. The summed E-state index contributed by atoms with van der Waals surface area (Å²) in [5.74, 6) is 1.52. The quantitative estimate of drug-likeness (QED) is 0.829. The number of hydrogen-bond donors (Lipinski definition) is 1. The number of imide groups is 1. The van der Waals surface area contributed by atoms with Crippen molar-refractivity contribution in [2.24, 2.45) is 17.8 Å². The van der Waals surface area contributed by atoms with E-state index in [0.717, 1.165) is 44.9 Å². The highest BCUT2D eigenvalue weighted by Crippen LogP contribution is 2.35. The van der Waals surface area contributed by atoms with Crippen molar-refractivity contribution >= 4 is 17.5 Å². The second kappa shape index (κ2) is 8.53. The predicted molar refractivity (Wildman–Crippen MR) is 106 cm³/mol. The Morgan fingerprint density at radius 2 is 1.48 bits per heavy atom. The maximum Gasteiger partial charge on any atom is 0.234 e. The first-order valence-electron chi connectivity index (χ1n) is 10.5. The van der Waals surface area contributed by atoms with Gasteiger partial charge in [-0.25, -0.2) is 0 Å². The number of nitrogens with one attached hydrogen (secondary N) is 1. The number of carbonyl (C=O) groups excluding carboxylic acids is 2. The van der Waals surface area contributed by atoms with Gasteiger partial charge in [0.2, 0.25) is 11.8 Å². The summed E-state index contributed by atoms with van der Waals surface area (Å²) in [5.41, 5.74) is 0.711. The molecule has 146 valence electrons. The van der Waals surface area contributed by atoms with Crippen LogP contribution < -0.4 is 10.2 Å². The van der Waals surface area contributed by atoms with Crippen molar-refractivity contribution in [3.8, 4) is 0 Å². The second-order valence-electron chi connectivity index (χ2n) is 8.46. The molecule has 1 aromatic carbocycles. The minimum absolute atomic E-state index is 0.0282. The molecule has 3 aliphatic rings. The molecule has 4 rings (SSSR count). The van der Waals surface area contributed by atoms with Gasteiger partial charge >= 0.3 is 0 Å². The number of anilines is 1. The SMILES string of the molecule is O=C1CC(C2CCN(CC3CCNCC3)CC2)CC(=O)N1c1ccccc1. The van der Waals surface area contributed by atoms with Gasteiger partial charge in [0.25, 0.3) is 0 Å². The van der Waals surface area contributed by atoms with E-state index in [0.29, 0.717) is 24.4 Å². The molecule has 5 heteroatoms. The molecule has 1 aromatic rings. The van der Waals surface area contributed by atoms with E-state index in [-0.39, 0.29) is 17.7 Å². The van der Waals surface area contributed by atoms with E-state index in [2.05, 4.69) is 10.2 Å². The number of piperidine rings is 3. The van der Waals surface area contributed by atoms with E-state index in [9.17, 15) is 9.59 Å². The van der Waals surface area contributed by atoms with E-state index in [1.54, 1.807) is 0 Å². The van der Waals surface area contributed by atoms with Gasteiger partial charge in [-0.2, -0.15) is 0 Å². The van der Waals surface area contributed by atoms with Crippen LogP contribution in [0, 0.1) is 17.8 Å². The Hall–Kier alpha value is -1.72. The minimum Gasteiger partial charge on any atom is -0.317 e. The van der Waals surface area contributed by atoms with Crippen LogP contribution in [0.1, 0.15) is 38.5 Å². The normalized spacial score (nSPS) is 24.5. The average molecular weight is 370 g/mol. The Bertz CT molecular complexity index is 631. The summed E-state index contributed by atoms with van der Waals surface area (Å²) in [6.45, 7) is 5.78. The van der Waals surface area contributed by atoms with Gasteiger partial charge in [0.1, 0.15) is 0 Å². The number of hydrogen-bond acceptors (Lipinski definition) is 4. The van der Waals surface area contributed by atoms with Crippen molar-refractivity contribution in [2.75, 3.05) is 37.6 Å². The van der Waals surface area contributed by atoms with Crippen LogP contribution in [0.2, 0.25) is 0 Å². The van der Waals surface area contributed by atoms with Crippen LogP contribution in [0.3, 0.4) is 0 Å². The number of carbonyl (C=O) groups is 2. The van der Waals surface area contributed by atoms with Gasteiger partial charge in [0.05, 0.1) is 5.69 Å². The number of nitrogens with zero attached hydrogens (tertiary/aromatic N) is 2. The molecule has 1 N–H and O–H groups in total. The first-order valence-corrected chi connectivity index (χ1v) is 10.5. The van der Waals surface area contributed by atoms with Crippen molar-refractivity contribution < 1.29 is 9.59 Å². The molecule has 0 spiro atoms. The van der Waals surface area contributed by atoms with Crippen LogP contribution in [0.4, 0.5) is 5.69 Å². The zero-order chi connectivity index (χ0) is 18.6. The molecular weight excluding hydrogens is 338 g/mol. The lowest BCUT2D eigenvalue weighted by molar-refractivity contribution is -0.131. The Balaban J connectivity index is 1.29. The number of amides is 2. The molecule has 0 radical (unpaired) electrons. The Morgan fingerprint density at radius 1 is 0.852 bits per heavy atom. The summed E-state index contributed by atoms with van der Waals surface area (Å²) >= 11 is 0. The third kappa shape index (κ3) is 4.41. The summed E-state index contributed by atoms with van der Waals surface area (Å²) in [4.78, 5) is 29.3. The summed E-state index contributed by atoms with van der Waals surface area (Å²) in [6.07, 6.45) is 5.87. The van der Waals surface area contributed by atoms with E-state index < -0.39 is 0 Å². The van der Waals surface area contributed by atoms with Crippen LogP contribution in [0.5, 0.6) is 0 Å². The monoisotopic (exact) mass is 369 g/mol. The fraction of sp³-hybridized carbons (Fsp3) is 0.636. The van der Waals surface area contributed by atoms with Crippen LogP contribution in [-0.2, 0) is 9.59 Å². The average Bonchev–Trinajstić information content (AvgIpc) is 2.70. The van der Waals surface area contributed by atoms with E-state index in [4.69, 9.17) is 0 Å². The summed E-state index contributed by atoms with van der Waals surface area (Å²) in [7, 11) is 0. The van der Waals surface area contributed by atoms with Gasteiger partial charge in [-0.1, -0.05) is 18.2 Å². The van der Waals surface area contributed by atoms with Gasteiger partial charge in [-0.05, 0) is 81.7 Å². The lowest BCUT2D eigenvalue weighted by Gasteiger charge is -2.40. The molecule has 5 nitrogen and oxygen atoms in total. The molecule has 3 saturated heterocycles. The summed E-state index contributed by atoms with van der Waals surface area (Å²) in [5, 5.41) is 3.44. The second-order valence-corrected chi connectivity index (χ2v) is 8.46.